The Balaban J connectivity index is 1.54. The van der Waals surface area contributed by atoms with Gasteiger partial charge in [-0.1, -0.05) is 25.1 Å². The molecule has 0 amide bonds. The number of hydrogen-bond acceptors (Lipinski definition) is 4. The normalized spacial score (nSPS) is 46.7. The van der Waals surface area contributed by atoms with E-state index in [2.05, 4.69) is 25.1 Å². The van der Waals surface area contributed by atoms with Crippen molar-refractivity contribution >= 4 is 11.7 Å². The van der Waals surface area contributed by atoms with Crippen LogP contribution in [0.3, 0.4) is 0 Å². The van der Waals surface area contributed by atoms with E-state index < -0.39 is 0 Å². The quantitative estimate of drug-likeness (QED) is 0.307. The Hall–Kier alpha value is -1.32. The van der Waals surface area contributed by atoms with E-state index in [1.165, 1.54) is 44.6 Å². The number of rotatable bonds is 2. The lowest BCUT2D eigenvalue weighted by atomic mass is 9.44. The minimum Gasteiger partial charge on any atom is -0.463 e. The second-order valence-electron chi connectivity index (χ2n) is 10.2. The first kappa shape index (κ1) is 19.0. The van der Waals surface area contributed by atoms with Gasteiger partial charge in [0.15, 0.2) is 0 Å². The lowest BCUT2D eigenvalue weighted by Gasteiger charge is -2.60. The molecule has 0 heterocycles. The molecule has 27 heavy (non-hydrogen) atoms. The van der Waals surface area contributed by atoms with Crippen molar-refractivity contribution in [2.24, 2.45) is 39.7 Å². The van der Waals surface area contributed by atoms with Gasteiger partial charge in [0.2, 0.25) is 0 Å². The lowest BCUT2D eigenvalue weighted by molar-refractivity contribution is -0.158. The summed E-state index contributed by atoms with van der Waals surface area (Å²) < 4.78 is 5.58. The van der Waals surface area contributed by atoms with Gasteiger partial charge in [-0.05, 0) is 98.4 Å². The monoisotopic (exact) mass is 373 g/mol. The molecule has 7 atom stereocenters. The third kappa shape index (κ3) is 2.86. The number of fused-ring (bicyclic) bond motifs is 5. The Kier molecular flexibility index (Phi) is 4.67. The van der Waals surface area contributed by atoms with Crippen LogP contribution in [0.1, 0.15) is 79.1 Å². The number of esters is 1. The van der Waals surface area contributed by atoms with Gasteiger partial charge in [-0.3, -0.25) is 4.79 Å². The minimum atomic E-state index is -0.129. The molecule has 1 N–H and O–H groups in total. The number of allylic oxidation sites excluding steroid dienone is 2. The summed E-state index contributed by atoms with van der Waals surface area (Å²) >= 11 is 0. The first-order chi connectivity index (χ1) is 12.8. The molecule has 0 aliphatic heterocycles. The molecule has 3 saturated carbocycles. The molecule has 0 unspecified atom stereocenters. The number of carbonyl (C=O) groups is 1. The molecular formula is C23H35NO3. The van der Waals surface area contributed by atoms with E-state index >= 15 is 0 Å². The Labute approximate surface area is 163 Å². The first-order valence-corrected chi connectivity index (χ1v) is 10.9. The number of carbonyl (C=O) groups excluding carboxylic acids is 1. The van der Waals surface area contributed by atoms with Crippen LogP contribution >= 0.6 is 0 Å². The Morgan fingerprint density at radius 3 is 2.63 bits per heavy atom. The molecule has 4 heteroatoms. The molecule has 4 nitrogen and oxygen atoms in total. The molecule has 0 saturated heterocycles. The molecule has 0 aromatic carbocycles. The van der Waals surface area contributed by atoms with Gasteiger partial charge in [-0.2, -0.15) is 0 Å². The van der Waals surface area contributed by atoms with Crippen LogP contribution in [0.2, 0.25) is 0 Å². The molecule has 4 rings (SSSR count). The van der Waals surface area contributed by atoms with Crippen molar-refractivity contribution in [2.45, 2.75) is 85.2 Å². The van der Waals surface area contributed by atoms with Crippen molar-refractivity contribution < 1.29 is 14.7 Å². The summed E-state index contributed by atoms with van der Waals surface area (Å²) in [5.74, 6) is 2.81. The van der Waals surface area contributed by atoms with Crippen molar-refractivity contribution in [2.75, 3.05) is 0 Å². The highest BCUT2D eigenvalue weighted by Gasteiger charge is 2.59. The topological polar surface area (TPSA) is 58.9 Å². The Morgan fingerprint density at radius 1 is 1.15 bits per heavy atom. The summed E-state index contributed by atoms with van der Waals surface area (Å²) in [5.41, 5.74) is 2.67. The maximum absolute atomic E-state index is 11.4. The first-order valence-electron chi connectivity index (χ1n) is 10.9. The number of oxime groups is 1. The Bertz CT molecular complexity index is 683. The molecule has 0 bridgehead atoms. The fourth-order valence-corrected chi connectivity index (χ4v) is 7.74. The van der Waals surface area contributed by atoms with Crippen molar-refractivity contribution in [1.82, 2.24) is 0 Å². The fourth-order valence-electron chi connectivity index (χ4n) is 7.74. The lowest BCUT2D eigenvalue weighted by Crippen LogP contribution is -2.54. The van der Waals surface area contributed by atoms with Gasteiger partial charge in [0.1, 0.15) is 6.10 Å². The highest BCUT2D eigenvalue weighted by atomic mass is 16.5. The number of nitrogens with zero attached hydrogens (tertiary/aromatic N) is 1. The maximum atomic E-state index is 11.4. The van der Waals surface area contributed by atoms with Crippen LogP contribution in [0.5, 0.6) is 0 Å². The van der Waals surface area contributed by atoms with Gasteiger partial charge in [0, 0.05) is 6.92 Å². The van der Waals surface area contributed by atoms with Gasteiger partial charge >= 0.3 is 5.97 Å². The summed E-state index contributed by atoms with van der Waals surface area (Å²) in [7, 11) is 0. The third-order valence-electron chi connectivity index (χ3n) is 9.07. The van der Waals surface area contributed by atoms with Crippen LogP contribution in [-0.4, -0.2) is 23.0 Å². The van der Waals surface area contributed by atoms with Crippen molar-refractivity contribution in [1.29, 1.82) is 0 Å². The number of hydrogen-bond donors (Lipinski definition) is 1. The highest BCUT2D eigenvalue weighted by molar-refractivity contribution is 5.99. The van der Waals surface area contributed by atoms with Crippen LogP contribution in [0.4, 0.5) is 0 Å². The highest BCUT2D eigenvalue weighted by Crippen LogP contribution is 2.66. The van der Waals surface area contributed by atoms with E-state index in [1.54, 1.807) is 0 Å². The Morgan fingerprint density at radius 2 is 1.93 bits per heavy atom. The van der Waals surface area contributed by atoms with E-state index in [1.807, 2.05) is 6.92 Å². The van der Waals surface area contributed by atoms with Crippen LogP contribution in [-0.2, 0) is 9.53 Å². The molecule has 4 aliphatic carbocycles. The van der Waals surface area contributed by atoms with Gasteiger partial charge in [-0.15, -0.1) is 0 Å². The molecule has 0 radical (unpaired) electrons. The zero-order valence-electron chi connectivity index (χ0n) is 17.3. The molecule has 0 aromatic rings. The second kappa shape index (κ2) is 6.63. The van der Waals surface area contributed by atoms with E-state index in [-0.39, 0.29) is 17.5 Å². The smallest absolute Gasteiger partial charge is 0.302 e. The average Bonchev–Trinajstić information content (AvgIpc) is 2.98. The van der Waals surface area contributed by atoms with Gasteiger partial charge in [-0.25, -0.2) is 0 Å². The average molecular weight is 374 g/mol. The minimum absolute atomic E-state index is 0.129. The number of ether oxygens (including phenoxy) is 1. The summed E-state index contributed by atoms with van der Waals surface area (Å²) in [6.07, 6.45) is 11.9. The molecule has 0 aromatic heterocycles. The SMILES string of the molecule is CC(=O)O[C@H]1CC[C@@]2(C)[C@@H](CC[C@H]3[C@H]4CC=C(/C(C)=N\O)[C@@]4(C)CC[C@@H]32)C1. The van der Waals surface area contributed by atoms with Crippen LogP contribution < -0.4 is 0 Å². The summed E-state index contributed by atoms with van der Waals surface area (Å²) in [6, 6.07) is 0. The van der Waals surface area contributed by atoms with Crippen LogP contribution in [0, 0.1) is 34.5 Å². The second-order valence-corrected chi connectivity index (χ2v) is 10.2. The standard InChI is InChI=1S/C23H35NO3/c1-14(24-26)19-7-8-20-18-6-5-16-13-17(27-15(2)25)9-11-22(16,3)21(18)10-12-23(19,20)4/h7,16-18,20-21,26H,5-6,8-13H2,1-4H3/b24-14-/t16-,17-,18-,20+,21-,22-,23+/m0/s1. The molecule has 4 aliphatic rings. The largest absolute Gasteiger partial charge is 0.463 e. The zero-order valence-corrected chi connectivity index (χ0v) is 17.3. The van der Waals surface area contributed by atoms with Crippen molar-refractivity contribution in [3.8, 4) is 0 Å². The predicted molar refractivity (Wildman–Crippen MR) is 106 cm³/mol. The molecule has 3 fully saturated rings. The van der Waals surface area contributed by atoms with E-state index in [0.29, 0.717) is 17.3 Å². The van der Waals surface area contributed by atoms with E-state index in [4.69, 9.17) is 4.74 Å². The van der Waals surface area contributed by atoms with E-state index in [0.717, 1.165) is 36.8 Å². The van der Waals surface area contributed by atoms with Gasteiger partial charge in [0.25, 0.3) is 0 Å². The van der Waals surface area contributed by atoms with Gasteiger partial charge < -0.3 is 9.94 Å². The van der Waals surface area contributed by atoms with Crippen molar-refractivity contribution in [3.63, 3.8) is 0 Å². The summed E-state index contributed by atoms with van der Waals surface area (Å²) in [6.45, 7) is 8.42. The molecule has 150 valence electrons. The predicted octanol–water partition coefficient (Wildman–Crippen LogP) is 5.35. The van der Waals surface area contributed by atoms with Crippen molar-refractivity contribution in [3.05, 3.63) is 11.6 Å². The third-order valence-corrected chi connectivity index (χ3v) is 9.07. The van der Waals surface area contributed by atoms with Crippen LogP contribution in [0.25, 0.3) is 0 Å². The summed E-state index contributed by atoms with van der Waals surface area (Å²) in [5, 5.41) is 12.9. The van der Waals surface area contributed by atoms with E-state index in [9.17, 15) is 10.0 Å². The summed E-state index contributed by atoms with van der Waals surface area (Å²) in [4.78, 5) is 11.4. The van der Waals surface area contributed by atoms with Gasteiger partial charge in [0.05, 0.1) is 5.71 Å². The molecule has 0 spiro atoms. The van der Waals surface area contributed by atoms with Crippen LogP contribution in [0.15, 0.2) is 16.8 Å². The maximum Gasteiger partial charge on any atom is 0.302 e. The fraction of sp³-hybridized carbons (Fsp3) is 0.826. The molecular weight excluding hydrogens is 338 g/mol. The zero-order chi connectivity index (χ0) is 19.4.